The van der Waals surface area contributed by atoms with Gasteiger partial charge in [-0.25, -0.2) is 0 Å². The lowest BCUT2D eigenvalue weighted by Crippen LogP contribution is -2.61. The van der Waals surface area contributed by atoms with Gasteiger partial charge in [-0.05, 0) is 37.0 Å². The third-order valence-electron chi connectivity index (χ3n) is 8.25. The number of ether oxygens (including phenoxy) is 5. The van der Waals surface area contributed by atoms with Crippen LogP contribution in [0.1, 0.15) is 53.4 Å². The van der Waals surface area contributed by atoms with Crippen LogP contribution in [0.3, 0.4) is 0 Å². The number of rotatable bonds is 7. The molecule has 3 aliphatic rings. The minimum atomic E-state index is -1.74. The van der Waals surface area contributed by atoms with Gasteiger partial charge in [0.2, 0.25) is 6.29 Å². The predicted octanol–water partition coefficient (Wildman–Crippen LogP) is 0.0000200. The first-order valence-corrected chi connectivity index (χ1v) is 14.2. The van der Waals surface area contributed by atoms with Gasteiger partial charge in [0, 0.05) is 12.1 Å². The van der Waals surface area contributed by atoms with Crippen LogP contribution in [0, 0.1) is 6.92 Å². The van der Waals surface area contributed by atoms with Crippen LogP contribution in [0.2, 0.25) is 0 Å². The molecule has 0 spiro atoms. The van der Waals surface area contributed by atoms with Crippen molar-refractivity contribution in [2.24, 2.45) is 0 Å². The molecule has 5 rings (SSSR count). The molecule has 236 valence electrons. The second-order valence-electron chi connectivity index (χ2n) is 11.2. The van der Waals surface area contributed by atoms with Crippen molar-refractivity contribution in [3.8, 4) is 17.2 Å². The summed E-state index contributed by atoms with van der Waals surface area (Å²) in [5.41, 5.74) is 3.03. The summed E-state index contributed by atoms with van der Waals surface area (Å²) in [5, 5.41) is 72.3. The lowest BCUT2D eigenvalue weighted by atomic mass is 9.93. The summed E-state index contributed by atoms with van der Waals surface area (Å²) in [7, 11) is 0. The van der Waals surface area contributed by atoms with E-state index in [-0.39, 0.29) is 29.3 Å². The molecule has 11 unspecified atom stereocenters. The second-order valence-corrected chi connectivity index (χ2v) is 11.2. The topological polar surface area (TPSA) is 205 Å². The van der Waals surface area contributed by atoms with E-state index in [1.54, 1.807) is 0 Å². The summed E-state index contributed by atoms with van der Waals surface area (Å²) >= 11 is 0. The lowest BCUT2D eigenvalue weighted by molar-refractivity contribution is -0.318. The number of benzene rings is 2. The third-order valence-corrected chi connectivity index (χ3v) is 8.25. The van der Waals surface area contributed by atoms with Crippen LogP contribution in [0.5, 0.6) is 17.2 Å². The van der Waals surface area contributed by atoms with Crippen LogP contribution < -0.4 is 9.47 Å². The van der Waals surface area contributed by atoms with Crippen LogP contribution >= 0.6 is 0 Å². The number of hydrogen-bond donors (Lipinski definition) is 7. The highest BCUT2D eigenvalue weighted by Crippen LogP contribution is 2.43. The molecule has 2 aromatic rings. The van der Waals surface area contributed by atoms with Gasteiger partial charge in [0.1, 0.15) is 71.6 Å². The van der Waals surface area contributed by atoms with Crippen LogP contribution in [-0.4, -0.2) is 110 Å². The zero-order valence-corrected chi connectivity index (χ0v) is 23.9. The van der Waals surface area contributed by atoms with Gasteiger partial charge in [0.15, 0.2) is 12.1 Å². The molecule has 2 aromatic carbocycles. The zero-order chi connectivity index (χ0) is 31.2. The van der Waals surface area contributed by atoms with Crippen molar-refractivity contribution in [2.45, 2.75) is 101 Å². The average molecular weight is 607 g/mol. The molecule has 7 N–H and O–H groups in total. The maximum absolute atomic E-state index is 13.0. The van der Waals surface area contributed by atoms with Gasteiger partial charge in [-0.15, -0.1) is 0 Å². The zero-order valence-electron chi connectivity index (χ0n) is 23.9. The minimum Gasteiger partial charge on any atom is -0.507 e. The Kier molecular flexibility index (Phi) is 9.28. The molecule has 13 heteroatoms. The molecular formula is C30H38O13. The Balaban J connectivity index is 1.30. The number of aromatic hydroxyl groups is 1. The molecule has 0 bridgehead atoms. The number of aliphatic hydroxyl groups is 6. The highest BCUT2D eigenvalue weighted by molar-refractivity contribution is 6.02. The summed E-state index contributed by atoms with van der Waals surface area (Å²) in [6.45, 7) is 5.05. The summed E-state index contributed by atoms with van der Waals surface area (Å²) in [6.07, 6.45) is -14.4. The fraction of sp³-hybridized carbons (Fsp3) is 0.567. The molecule has 11 atom stereocenters. The Morgan fingerprint density at radius 1 is 0.884 bits per heavy atom. The van der Waals surface area contributed by atoms with Crippen molar-refractivity contribution in [1.82, 2.24) is 0 Å². The molecule has 13 nitrogen and oxygen atoms in total. The van der Waals surface area contributed by atoms with Crippen molar-refractivity contribution in [3.63, 3.8) is 0 Å². The van der Waals surface area contributed by atoms with Gasteiger partial charge < -0.3 is 59.4 Å². The van der Waals surface area contributed by atoms with Crippen LogP contribution in [0.25, 0.3) is 0 Å². The first-order valence-electron chi connectivity index (χ1n) is 14.2. The lowest BCUT2D eigenvalue weighted by Gasteiger charge is -2.42. The number of fused-ring (bicyclic) bond motifs is 1. The van der Waals surface area contributed by atoms with E-state index in [2.05, 4.69) is 6.92 Å². The Labute approximate surface area is 247 Å². The predicted molar refractivity (Wildman–Crippen MR) is 147 cm³/mol. The maximum Gasteiger partial charge on any atom is 0.229 e. The Morgan fingerprint density at radius 2 is 1.58 bits per heavy atom. The van der Waals surface area contributed by atoms with Crippen molar-refractivity contribution >= 4 is 5.78 Å². The van der Waals surface area contributed by atoms with Gasteiger partial charge in [0.05, 0.1) is 19.1 Å². The third kappa shape index (κ3) is 6.23. The Hall–Kier alpha value is -2.85. The molecule has 0 aromatic heterocycles. The van der Waals surface area contributed by atoms with E-state index < -0.39 is 79.9 Å². The molecule has 2 fully saturated rings. The van der Waals surface area contributed by atoms with Crippen molar-refractivity contribution in [3.05, 3.63) is 52.6 Å². The second kappa shape index (κ2) is 12.6. The van der Waals surface area contributed by atoms with Gasteiger partial charge >= 0.3 is 0 Å². The summed E-state index contributed by atoms with van der Waals surface area (Å²) in [4.78, 5) is 13.0. The maximum atomic E-state index is 13.0. The summed E-state index contributed by atoms with van der Waals surface area (Å²) in [5.74, 6) is -0.710. The number of Topliss-reactive ketones (excluding diaryl/α,β-unsaturated/α-hetero) is 1. The smallest absolute Gasteiger partial charge is 0.229 e. The van der Waals surface area contributed by atoms with Gasteiger partial charge in [-0.2, -0.15) is 0 Å². The fourth-order valence-corrected chi connectivity index (χ4v) is 5.61. The number of carbonyl (C=O) groups is 1. The quantitative estimate of drug-likeness (QED) is 0.222. The fourth-order valence-electron chi connectivity index (χ4n) is 5.61. The van der Waals surface area contributed by atoms with E-state index in [0.29, 0.717) is 0 Å². The number of phenols is 1. The molecule has 0 radical (unpaired) electrons. The Morgan fingerprint density at radius 3 is 2.28 bits per heavy atom. The standard InChI is InChI=1S/C30H38O13/c1-4-14-5-6-15(7-12(14)2)19-10-18(32)22-17(31)8-16(9-20(22)42-19)41-30-28(38)26(36)24(34)21(43-30)11-39-29-27(37)25(35)23(33)13(3)40-29/h5-9,13,19,21,23-31,33-38H,4,10-11H2,1-3H3. The van der Waals surface area contributed by atoms with E-state index >= 15 is 0 Å². The number of hydrogen-bond acceptors (Lipinski definition) is 13. The monoisotopic (exact) mass is 606 g/mol. The largest absolute Gasteiger partial charge is 0.507 e. The van der Waals surface area contributed by atoms with E-state index in [0.717, 1.165) is 23.6 Å². The van der Waals surface area contributed by atoms with Gasteiger partial charge in [-0.1, -0.05) is 25.1 Å². The molecule has 0 aliphatic carbocycles. The molecule has 0 amide bonds. The number of carbonyl (C=O) groups excluding carboxylic acids is 1. The highest BCUT2D eigenvalue weighted by atomic mass is 16.7. The van der Waals surface area contributed by atoms with Gasteiger partial charge in [0.25, 0.3) is 0 Å². The van der Waals surface area contributed by atoms with Crippen molar-refractivity contribution < 1.29 is 64.2 Å². The molecule has 3 aliphatic heterocycles. The van der Waals surface area contributed by atoms with Crippen LogP contribution in [0.15, 0.2) is 30.3 Å². The van der Waals surface area contributed by atoms with Crippen LogP contribution in [0.4, 0.5) is 0 Å². The SMILES string of the molecule is CCc1ccc(C2CC(=O)c3c(O)cc(OC4OC(COC5OC(C)C(O)C(O)C5O)C(O)C(O)C4O)cc3O2)cc1C. The molecule has 0 saturated carbocycles. The van der Waals surface area contributed by atoms with Crippen molar-refractivity contribution in [2.75, 3.05) is 6.61 Å². The molecule has 2 saturated heterocycles. The molecule has 3 heterocycles. The van der Waals surface area contributed by atoms with Crippen molar-refractivity contribution in [1.29, 1.82) is 0 Å². The summed E-state index contributed by atoms with van der Waals surface area (Å²) in [6, 6.07) is 8.37. The normalized spacial score (nSPS) is 36.1. The minimum absolute atomic E-state index is 0.00933. The highest BCUT2D eigenvalue weighted by Gasteiger charge is 2.47. The number of phenolic OH excluding ortho intramolecular Hbond substituents is 1. The van der Waals surface area contributed by atoms with E-state index in [9.17, 15) is 40.5 Å². The molecule has 43 heavy (non-hydrogen) atoms. The first-order chi connectivity index (χ1) is 20.4. The average Bonchev–Trinajstić information content (AvgIpc) is 2.97. The van der Waals surface area contributed by atoms with E-state index in [1.165, 1.54) is 18.6 Å². The number of ketones is 1. The molecular weight excluding hydrogens is 568 g/mol. The van der Waals surface area contributed by atoms with E-state index in [1.807, 2.05) is 25.1 Å². The van der Waals surface area contributed by atoms with Gasteiger partial charge in [-0.3, -0.25) is 4.79 Å². The summed E-state index contributed by atoms with van der Waals surface area (Å²) < 4.78 is 28.4. The number of aliphatic hydroxyl groups excluding tert-OH is 6. The van der Waals surface area contributed by atoms with Crippen LogP contribution in [-0.2, 0) is 20.6 Å². The first kappa shape index (κ1) is 31.6. The Bertz CT molecular complexity index is 1320. The number of aryl methyl sites for hydroxylation is 2. The van der Waals surface area contributed by atoms with E-state index in [4.69, 9.17) is 23.7 Å².